The van der Waals surface area contributed by atoms with Gasteiger partial charge in [0.25, 0.3) is 0 Å². The first-order chi connectivity index (χ1) is 9.21. The van der Waals surface area contributed by atoms with Gasteiger partial charge in [-0.2, -0.15) is 0 Å². The topological polar surface area (TPSA) is 49.4 Å². The third-order valence-corrected chi connectivity index (χ3v) is 3.72. The van der Waals surface area contributed by atoms with Gasteiger partial charge < -0.3 is 10.2 Å². The number of carbonyl (C=O) groups excluding carboxylic acids is 2. The van der Waals surface area contributed by atoms with Crippen LogP contribution in [0.15, 0.2) is 18.2 Å². The molecule has 0 saturated heterocycles. The molecule has 20 heavy (non-hydrogen) atoms. The number of carbonyl (C=O) groups is 2. The number of Topliss-reactive ketones (excluding diaryl/α,β-unsaturated/α-hetero) is 1. The van der Waals surface area contributed by atoms with Crippen LogP contribution in [-0.4, -0.2) is 30.3 Å². The number of benzene rings is 1. The number of hydrogen-bond donors (Lipinski definition) is 1. The molecule has 1 heterocycles. The maximum Gasteiger partial charge on any atom is 0.243 e. The molecular weight excluding hydrogens is 252 g/mol. The van der Waals surface area contributed by atoms with E-state index in [1.165, 1.54) is 0 Å². The molecule has 1 N–H and O–H groups in total. The van der Waals surface area contributed by atoms with E-state index in [-0.39, 0.29) is 17.7 Å². The molecule has 0 aromatic heterocycles. The fourth-order valence-corrected chi connectivity index (χ4v) is 2.77. The van der Waals surface area contributed by atoms with E-state index in [1.54, 1.807) is 11.9 Å². The fourth-order valence-electron chi connectivity index (χ4n) is 2.77. The minimum Gasteiger partial charge on any atom is -0.313 e. The predicted molar refractivity (Wildman–Crippen MR) is 80.2 cm³/mol. The summed E-state index contributed by atoms with van der Waals surface area (Å²) in [5, 5.41) is 3.25. The molecule has 2 rings (SSSR count). The monoisotopic (exact) mass is 274 g/mol. The molecule has 1 amide bonds. The van der Waals surface area contributed by atoms with Gasteiger partial charge in [-0.1, -0.05) is 11.6 Å². The highest BCUT2D eigenvalue weighted by Crippen LogP contribution is 2.27. The highest BCUT2D eigenvalue weighted by Gasteiger charge is 2.32. The van der Waals surface area contributed by atoms with Crippen molar-refractivity contribution in [3.63, 3.8) is 0 Å². The third-order valence-electron chi connectivity index (χ3n) is 3.72. The molecule has 0 spiro atoms. The zero-order valence-electron chi connectivity index (χ0n) is 12.8. The van der Waals surface area contributed by atoms with Crippen LogP contribution in [0.25, 0.3) is 0 Å². The molecule has 0 aliphatic carbocycles. The molecule has 0 fully saturated rings. The fraction of sp³-hybridized carbons (Fsp3) is 0.500. The Morgan fingerprint density at radius 1 is 1.30 bits per heavy atom. The maximum absolute atomic E-state index is 12.6. The summed E-state index contributed by atoms with van der Waals surface area (Å²) in [6.45, 7) is 7.70. The Morgan fingerprint density at radius 2 is 1.95 bits per heavy atom. The molecule has 1 unspecified atom stereocenters. The Hall–Kier alpha value is -1.68. The first kappa shape index (κ1) is 14.7. The lowest BCUT2D eigenvalue weighted by atomic mass is 9.92. The molecule has 108 valence electrons. The largest absolute Gasteiger partial charge is 0.313 e. The molecule has 1 aromatic carbocycles. The Bertz CT molecular complexity index is 564. The number of nitrogens with one attached hydrogen (secondary N) is 1. The third kappa shape index (κ3) is 2.75. The van der Waals surface area contributed by atoms with Crippen LogP contribution >= 0.6 is 0 Å². The highest BCUT2D eigenvalue weighted by molar-refractivity contribution is 6.07. The van der Waals surface area contributed by atoms with Gasteiger partial charge in [0.15, 0.2) is 5.78 Å². The predicted octanol–water partition coefficient (Wildman–Crippen LogP) is 2.30. The Labute approximate surface area is 120 Å². The lowest BCUT2D eigenvalue weighted by Gasteiger charge is -2.29. The number of hydrogen-bond acceptors (Lipinski definition) is 3. The molecule has 1 atom stereocenters. The summed E-state index contributed by atoms with van der Waals surface area (Å²) in [5.74, 6) is 0.0350. The molecule has 0 bridgehead atoms. The first-order valence-electron chi connectivity index (χ1n) is 6.90. The quantitative estimate of drug-likeness (QED) is 0.789. The summed E-state index contributed by atoms with van der Waals surface area (Å²) in [5.41, 5.74) is 1.94. The molecule has 0 saturated carbocycles. The molecule has 4 nitrogen and oxygen atoms in total. The van der Waals surface area contributed by atoms with Crippen LogP contribution in [0.1, 0.15) is 43.1 Å². The van der Waals surface area contributed by atoms with Crippen molar-refractivity contribution in [2.75, 3.05) is 11.9 Å². The normalized spacial score (nSPS) is 22.9. The number of rotatable bonds is 0. The summed E-state index contributed by atoms with van der Waals surface area (Å²) in [4.78, 5) is 26.6. The lowest BCUT2D eigenvalue weighted by molar-refractivity contribution is -0.120. The van der Waals surface area contributed by atoms with Crippen LogP contribution < -0.4 is 10.2 Å². The van der Waals surface area contributed by atoms with E-state index in [1.807, 2.05) is 45.9 Å². The van der Waals surface area contributed by atoms with Crippen LogP contribution in [0.2, 0.25) is 0 Å². The minimum absolute atomic E-state index is 0.0297. The van der Waals surface area contributed by atoms with Gasteiger partial charge in [-0.25, -0.2) is 0 Å². The van der Waals surface area contributed by atoms with Gasteiger partial charge >= 0.3 is 0 Å². The first-order valence-corrected chi connectivity index (χ1v) is 6.90. The number of aryl methyl sites for hydroxylation is 1. The average Bonchev–Trinajstić information content (AvgIpc) is 2.36. The molecule has 1 aliphatic rings. The number of nitrogens with zero attached hydrogens (tertiary/aromatic N) is 1. The Kier molecular flexibility index (Phi) is 3.69. The molecular formula is C16H22N2O2. The number of likely N-dealkylation sites (N-methyl/N-ethyl adjacent to an activating group) is 1. The van der Waals surface area contributed by atoms with Gasteiger partial charge in [-0.15, -0.1) is 0 Å². The van der Waals surface area contributed by atoms with Crippen LogP contribution in [0, 0.1) is 6.92 Å². The van der Waals surface area contributed by atoms with Crippen molar-refractivity contribution >= 4 is 17.4 Å². The van der Waals surface area contributed by atoms with Crippen molar-refractivity contribution in [2.24, 2.45) is 0 Å². The Balaban J connectivity index is 2.58. The second kappa shape index (κ2) is 5.02. The van der Waals surface area contributed by atoms with E-state index in [9.17, 15) is 9.59 Å². The van der Waals surface area contributed by atoms with Crippen LogP contribution in [0.4, 0.5) is 5.69 Å². The van der Waals surface area contributed by atoms with E-state index in [0.29, 0.717) is 17.7 Å². The minimum atomic E-state index is -0.404. The van der Waals surface area contributed by atoms with E-state index < -0.39 is 5.54 Å². The maximum atomic E-state index is 12.6. The van der Waals surface area contributed by atoms with Crippen molar-refractivity contribution in [1.82, 2.24) is 5.32 Å². The summed E-state index contributed by atoms with van der Waals surface area (Å²) >= 11 is 0. The zero-order valence-corrected chi connectivity index (χ0v) is 12.8. The summed E-state index contributed by atoms with van der Waals surface area (Å²) in [6, 6.07) is 5.32. The summed E-state index contributed by atoms with van der Waals surface area (Å²) < 4.78 is 0. The van der Waals surface area contributed by atoms with E-state index in [2.05, 4.69) is 5.32 Å². The zero-order chi connectivity index (χ0) is 15.1. The van der Waals surface area contributed by atoms with Crippen molar-refractivity contribution in [3.8, 4) is 0 Å². The van der Waals surface area contributed by atoms with Gasteiger partial charge in [-0.05, 0) is 39.8 Å². The van der Waals surface area contributed by atoms with E-state index in [4.69, 9.17) is 0 Å². The Morgan fingerprint density at radius 3 is 2.60 bits per heavy atom. The van der Waals surface area contributed by atoms with Crippen molar-refractivity contribution < 1.29 is 9.59 Å². The van der Waals surface area contributed by atoms with Crippen LogP contribution in [0.5, 0.6) is 0 Å². The standard InChI is InChI=1S/C16H22N2O2/c1-10-6-7-13-12(8-10)14(19)9-16(3,4)17-11(2)15(20)18(13)5/h6-8,11,17H,9H2,1-5H3. The van der Waals surface area contributed by atoms with Crippen molar-refractivity contribution in [1.29, 1.82) is 0 Å². The summed E-state index contributed by atoms with van der Waals surface area (Å²) in [6.07, 6.45) is 0.370. The van der Waals surface area contributed by atoms with E-state index in [0.717, 1.165) is 5.56 Å². The second-order valence-corrected chi connectivity index (χ2v) is 6.27. The number of anilines is 1. The van der Waals surface area contributed by atoms with Crippen molar-refractivity contribution in [2.45, 2.75) is 45.7 Å². The summed E-state index contributed by atoms with van der Waals surface area (Å²) in [7, 11) is 1.72. The van der Waals surface area contributed by atoms with Gasteiger partial charge in [-0.3, -0.25) is 9.59 Å². The second-order valence-electron chi connectivity index (χ2n) is 6.27. The molecule has 1 aromatic rings. The van der Waals surface area contributed by atoms with Crippen LogP contribution in [0.3, 0.4) is 0 Å². The van der Waals surface area contributed by atoms with Gasteiger partial charge in [0, 0.05) is 24.6 Å². The van der Waals surface area contributed by atoms with Gasteiger partial charge in [0.2, 0.25) is 5.91 Å². The SMILES string of the molecule is Cc1ccc2c(c1)C(=O)CC(C)(C)NC(C)C(=O)N2C. The van der Waals surface area contributed by atoms with E-state index >= 15 is 0 Å². The smallest absolute Gasteiger partial charge is 0.243 e. The lowest BCUT2D eigenvalue weighted by Crippen LogP contribution is -2.51. The van der Waals surface area contributed by atoms with Crippen molar-refractivity contribution in [3.05, 3.63) is 29.3 Å². The molecule has 4 heteroatoms. The van der Waals surface area contributed by atoms with Gasteiger partial charge in [0.1, 0.15) is 0 Å². The highest BCUT2D eigenvalue weighted by atomic mass is 16.2. The number of fused-ring (bicyclic) bond motifs is 1. The number of amides is 1. The average molecular weight is 274 g/mol. The molecule has 1 aliphatic heterocycles. The van der Waals surface area contributed by atoms with Crippen LogP contribution in [-0.2, 0) is 4.79 Å². The van der Waals surface area contributed by atoms with Gasteiger partial charge in [0.05, 0.1) is 11.7 Å². The molecule has 0 radical (unpaired) electrons. The number of ketones is 1.